The number of hydrogen-bond acceptors (Lipinski definition) is 3. The maximum atomic E-state index is 12.1. The number of benzene rings is 1. The predicted octanol–water partition coefficient (Wildman–Crippen LogP) is 1.68. The highest BCUT2D eigenvalue weighted by molar-refractivity contribution is 7.88. The van der Waals surface area contributed by atoms with Gasteiger partial charge in [-0.3, -0.25) is 0 Å². The SMILES string of the molecule is NC(=S)c1ccccc1CS(=O)(=O)NC1CCCC1. The zero-order valence-corrected chi connectivity index (χ0v) is 12.3. The summed E-state index contributed by atoms with van der Waals surface area (Å²) in [7, 11) is -3.34. The van der Waals surface area contributed by atoms with Crippen molar-refractivity contribution in [1.82, 2.24) is 4.72 Å². The molecule has 1 aromatic rings. The Bertz CT molecular complexity index is 564. The Morgan fingerprint density at radius 3 is 2.58 bits per heavy atom. The summed E-state index contributed by atoms with van der Waals surface area (Å²) in [5.41, 5.74) is 6.90. The smallest absolute Gasteiger partial charge is 0.216 e. The van der Waals surface area contributed by atoms with Crippen molar-refractivity contribution in [1.29, 1.82) is 0 Å². The summed E-state index contributed by atoms with van der Waals surface area (Å²) in [6.07, 6.45) is 4.04. The van der Waals surface area contributed by atoms with Gasteiger partial charge in [-0.05, 0) is 18.4 Å². The molecule has 0 bridgehead atoms. The van der Waals surface area contributed by atoms with E-state index in [-0.39, 0.29) is 16.8 Å². The van der Waals surface area contributed by atoms with E-state index in [0.717, 1.165) is 25.7 Å². The van der Waals surface area contributed by atoms with Crippen molar-refractivity contribution >= 4 is 27.2 Å². The maximum absolute atomic E-state index is 12.1. The van der Waals surface area contributed by atoms with Gasteiger partial charge in [0.15, 0.2) is 0 Å². The lowest BCUT2D eigenvalue weighted by Gasteiger charge is -2.14. The summed E-state index contributed by atoms with van der Waals surface area (Å²) in [6.45, 7) is 0. The highest BCUT2D eigenvalue weighted by atomic mass is 32.2. The van der Waals surface area contributed by atoms with Crippen molar-refractivity contribution in [3.05, 3.63) is 35.4 Å². The van der Waals surface area contributed by atoms with Crippen LogP contribution in [0.3, 0.4) is 0 Å². The van der Waals surface area contributed by atoms with Crippen molar-refractivity contribution in [2.75, 3.05) is 0 Å². The number of thiocarbonyl (C=S) groups is 1. The first kappa shape index (κ1) is 14.4. The minimum Gasteiger partial charge on any atom is -0.389 e. The van der Waals surface area contributed by atoms with Crippen LogP contribution in [-0.4, -0.2) is 19.4 Å². The number of nitrogens with two attached hydrogens (primary N) is 1. The number of hydrogen-bond donors (Lipinski definition) is 2. The zero-order chi connectivity index (χ0) is 13.9. The van der Waals surface area contributed by atoms with E-state index >= 15 is 0 Å². The topological polar surface area (TPSA) is 72.2 Å². The molecule has 0 aliphatic heterocycles. The molecular formula is C13H18N2O2S2. The Labute approximate surface area is 119 Å². The van der Waals surface area contributed by atoms with E-state index in [1.807, 2.05) is 0 Å². The zero-order valence-electron chi connectivity index (χ0n) is 10.6. The van der Waals surface area contributed by atoms with Gasteiger partial charge in [0.1, 0.15) is 4.99 Å². The van der Waals surface area contributed by atoms with Crippen molar-refractivity contribution in [2.24, 2.45) is 5.73 Å². The molecule has 19 heavy (non-hydrogen) atoms. The summed E-state index contributed by atoms with van der Waals surface area (Å²) in [5.74, 6) is -0.0724. The van der Waals surface area contributed by atoms with E-state index in [9.17, 15) is 8.42 Å². The van der Waals surface area contributed by atoms with E-state index in [1.54, 1.807) is 24.3 Å². The third-order valence-electron chi connectivity index (χ3n) is 3.33. The Hall–Kier alpha value is -0.980. The van der Waals surface area contributed by atoms with Crippen molar-refractivity contribution in [3.63, 3.8) is 0 Å². The Balaban J connectivity index is 2.13. The van der Waals surface area contributed by atoms with Crippen molar-refractivity contribution in [3.8, 4) is 0 Å². The molecule has 0 spiro atoms. The minimum absolute atomic E-state index is 0.0724. The number of sulfonamides is 1. The third kappa shape index (κ3) is 3.99. The second-order valence-corrected chi connectivity index (χ2v) is 7.07. The van der Waals surface area contributed by atoms with E-state index in [4.69, 9.17) is 18.0 Å². The molecule has 0 amide bonds. The van der Waals surface area contributed by atoms with Crippen molar-refractivity contribution in [2.45, 2.75) is 37.5 Å². The molecule has 3 N–H and O–H groups in total. The first-order valence-electron chi connectivity index (χ1n) is 6.36. The van der Waals surface area contributed by atoms with Gasteiger partial charge in [0, 0.05) is 11.6 Å². The summed E-state index contributed by atoms with van der Waals surface area (Å²) in [5, 5.41) is 0. The van der Waals surface area contributed by atoms with E-state index < -0.39 is 10.0 Å². The van der Waals surface area contributed by atoms with Crippen LogP contribution in [0.4, 0.5) is 0 Å². The molecule has 4 nitrogen and oxygen atoms in total. The minimum atomic E-state index is -3.34. The quantitative estimate of drug-likeness (QED) is 0.811. The predicted molar refractivity (Wildman–Crippen MR) is 80.3 cm³/mol. The monoisotopic (exact) mass is 298 g/mol. The molecule has 0 heterocycles. The highest BCUT2D eigenvalue weighted by Gasteiger charge is 2.22. The molecule has 0 unspecified atom stereocenters. The molecule has 1 aromatic carbocycles. The molecule has 1 saturated carbocycles. The summed E-state index contributed by atoms with van der Waals surface area (Å²) < 4.78 is 27.0. The van der Waals surface area contributed by atoms with Gasteiger partial charge in [-0.15, -0.1) is 0 Å². The van der Waals surface area contributed by atoms with Crippen LogP contribution in [0.15, 0.2) is 24.3 Å². The van der Waals surface area contributed by atoms with Crippen LogP contribution in [0.2, 0.25) is 0 Å². The van der Waals surface area contributed by atoms with Gasteiger partial charge in [-0.2, -0.15) is 0 Å². The van der Waals surface area contributed by atoms with Crippen LogP contribution in [0.5, 0.6) is 0 Å². The fourth-order valence-corrected chi connectivity index (χ4v) is 4.12. The Kier molecular flexibility index (Phi) is 4.54. The second-order valence-electron chi connectivity index (χ2n) is 4.88. The van der Waals surface area contributed by atoms with E-state index in [0.29, 0.717) is 11.1 Å². The molecule has 1 aliphatic rings. The van der Waals surface area contributed by atoms with Gasteiger partial charge < -0.3 is 5.73 Å². The summed E-state index contributed by atoms with van der Waals surface area (Å²) >= 11 is 4.94. The van der Waals surface area contributed by atoms with Crippen LogP contribution < -0.4 is 10.5 Å². The van der Waals surface area contributed by atoms with Gasteiger partial charge in [0.05, 0.1) is 5.75 Å². The molecular weight excluding hydrogens is 280 g/mol. The van der Waals surface area contributed by atoms with Crippen molar-refractivity contribution < 1.29 is 8.42 Å². The summed E-state index contributed by atoms with van der Waals surface area (Å²) in [6, 6.07) is 7.18. The molecule has 0 saturated heterocycles. The lowest BCUT2D eigenvalue weighted by atomic mass is 10.1. The van der Waals surface area contributed by atoms with Crippen LogP contribution in [-0.2, 0) is 15.8 Å². The standard InChI is InChI=1S/C13H18N2O2S2/c14-13(18)12-8-4-1-5-10(12)9-19(16,17)15-11-6-2-3-7-11/h1,4-5,8,11,15H,2-3,6-7,9H2,(H2,14,18). The summed E-state index contributed by atoms with van der Waals surface area (Å²) in [4.78, 5) is 0.228. The van der Waals surface area contributed by atoms with E-state index in [1.165, 1.54) is 0 Å². The largest absolute Gasteiger partial charge is 0.389 e. The number of rotatable bonds is 5. The molecule has 6 heteroatoms. The molecule has 1 fully saturated rings. The Morgan fingerprint density at radius 1 is 1.32 bits per heavy atom. The first-order chi connectivity index (χ1) is 8.98. The molecule has 2 rings (SSSR count). The van der Waals surface area contributed by atoms with Gasteiger partial charge in [0.25, 0.3) is 0 Å². The van der Waals surface area contributed by atoms with Crippen LogP contribution >= 0.6 is 12.2 Å². The number of nitrogens with one attached hydrogen (secondary N) is 1. The van der Waals surface area contributed by atoms with Crippen LogP contribution in [0.25, 0.3) is 0 Å². The fourth-order valence-electron chi connectivity index (χ4n) is 2.43. The first-order valence-corrected chi connectivity index (χ1v) is 8.42. The lowest BCUT2D eigenvalue weighted by Crippen LogP contribution is -2.34. The maximum Gasteiger partial charge on any atom is 0.216 e. The van der Waals surface area contributed by atoms with Gasteiger partial charge in [-0.25, -0.2) is 13.1 Å². The second kappa shape index (κ2) is 5.98. The molecule has 0 atom stereocenters. The molecule has 104 valence electrons. The Morgan fingerprint density at radius 2 is 1.95 bits per heavy atom. The van der Waals surface area contributed by atoms with Gasteiger partial charge in [0.2, 0.25) is 10.0 Å². The molecule has 0 radical (unpaired) electrons. The highest BCUT2D eigenvalue weighted by Crippen LogP contribution is 2.20. The lowest BCUT2D eigenvalue weighted by molar-refractivity contribution is 0.551. The van der Waals surface area contributed by atoms with Crippen LogP contribution in [0.1, 0.15) is 36.8 Å². The van der Waals surface area contributed by atoms with Gasteiger partial charge >= 0.3 is 0 Å². The normalized spacial score (nSPS) is 16.6. The van der Waals surface area contributed by atoms with Gasteiger partial charge in [-0.1, -0.05) is 49.3 Å². The van der Waals surface area contributed by atoms with Crippen LogP contribution in [0, 0.1) is 0 Å². The van der Waals surface area contributed by atoms with E-state index in [2.05, 4.69) is 4.72 Å². The average molecular weight is 298 g/mol. The average Bonchev–Trinajstić information content (AvgIpc) is 2.80. The molecule has 0 aromatic heterocycles. The molecule has 1 aliphatic carbocycles. The third-order valence-corrected chi connectivity index (χ3v) is 4.93. The fraction of sp³-hybridized carbons (Fsp3) is 0.462.